The minimum absolute atomic E-state index is 0.0258. The molecule has 0 radical (unpaired) electrons. The quantitative estimate of drug-likeness (QED) is 0.792. The molecule has 0 bridgehead atoms. The molecule has 27 heavy (non-hydrogen) atoms. The van der Waals surface area contributed by atoms with Gasteiger partial charge >= 0.3 is 0 Å². The molecule has 0 unspecified atom stereocenters. The lowest BCUT2D eigenvalue weighted by Crippen LogP contribution is -2.48. The Labute approximate surface area is 161 Å². The van der Waals surface area contributed by atoms with Gasteiger partial charge in [-0.2, -0.15) is 0 Å². The van der Waals surface area contributed by atoms with Crippen molar-refractivity contribution in [2.24, 2.45) is 11.3 Å². The summed E-state index contributed by atoms with van der Waals surface area (Å²) in [7, 11) is 1.71. The molecule has 2 heterocycles. The number of ether oxygens (including phenoxy) is 2. The zero-order chi connectivity index (χ0) is 19.4. The van der Waals surface area contributed by atoms with E-state index in [0.717, 1.165) is 37.2 Å². The Bertz CT molecular complexity index is 683. The van der Waals surface area contributed by atoms with Crippen LogP contribution < -0.4 is 4.74 Å². The molecule has 0 aromatic heterocycles. The topological polar surface area (TPSA) is 59.1 Å². The number of hydrogen-bond donors (Lipinski definition) is 0. The van der Waals surface area contributed by atoms with Crippen LogP contribution in [0.3, 0.4) is 0 Å². The molecule has 0 N–H and O–H groups in total. The minimum atomic E-state index is 0.0258. The number of nitrogens with zero attached hydrogens (tertiary/aromatic N) is 2. The highest BCUT2D eigenvalue weighted by molar-refractivity contribution is 5.78. The Kier molecular flexibility index (Phi) is 6.05. The van der Waals surface area contributed by atoms with Gasteiger partial charge < -0.3 is 19.3 Å². The average Bonchev–Trinajstić information content (AvgIpc) is 3.00. The highest BCUT2D eigenvalue weighted by Gasteiger charge is 2.49. The van der Waals surface area contributed by atoms with E-state index in [0.29, 0.717) is 25.6 Å². The van der Waals surface area contributed by atoms with E-state index in [1.165, 1.54) is 0 Å². The molecular formula is C21H30N2O4. The van der Waals surface area contributed by atoms with Crippen LogP contribution >= 0.6 is 0 Å². The van der Waals surface area contributed by atoms with Gasteiger partial charge in [0.25, 0.3) is 5.91 Å². The van der Waals surface area contributed by atoms with E-state index < -0.39 is 0 Å². The molecule has 1 aromatic carbocycles. The number of aryl methyl sites for hydroxylation is 1. The summed E-state index contributed by atoms with van der Waals surface area (Å²) in [5.41, 5.74) is 1.09. The van der Waals surface area contributed by atoms with Gasteiger partial charge in [0.1, 0.15) is 5.75 Å². The van der Waals surface area contributed by atoms with Crippen LogP contribution in [0.5, 0.6) is 5.75 Å². The summed E-state index contributed by atoms with van der Waals surface area (Å²) in [6.45, 7) is 7.29. The average molecular weight is 374 g/mol. The molecule has 1 atom stereocenters. The zero-order valence-electron chi connectivity index (χ0n) is 16.6. The van der Waals surface area contributed by atoms with E-state index in [9.17, 15) is 9.59 Å². The van der Waals surface area contributed by atoms with E-state index >= 15 is 0 Å². The molecule has 148 valence electrons. The Balaban J connectivity index is 1.56. The van der Waals surface area contributed by atoms with Crippen molar-refractivity contribution < 1.29 is 19.1 Å². The molecule has 2 aliphatic heterocycles. The Morgan fingerprint density at radius 1 is 1.19 bits per heavy atom. The zero-order valence-corrected chi connectivity index (χ0v) is 16.6. The van der Waals surface area contributed by atoms with E-state index in [-0.39, 0.29) is 23.8 Å². The number of benzene rings is 1. The van der Waals surface area contributed by atoms with Crippen molar-refractivity contribution in [2.75, 3.05) is 46.5 Å². The molecule has 6 nitrogen and oxygen atoms in total. The molecule has 1 spiro atoms. The highest BCUT2D eigenvalue weighted by Crippen LogP contribution is 2.44. The van der Waals surface area contributed by atoms with Gasteiger partial charge in [-0.25, -0.2) is 0 Å². The lowest BCUT2D eigenvalue weighted by molar-refractivity contribution is -0.136. The van der Waals surface area contributed by atoms with Crippen molar-refractivity contribution >= 4 is 11.8 Å². The Morgan fingerprint density at radius 3 is 2.52 bits per heavy atom. The van der Waals surface area contributed by atoms with E-state index in [1.54, 1.807) is 14.0 Å². The second-order valence-electron chi connectivity index (χ2n) is 7.85. The first-order chi connectivity index (χ1) is 12.9. The Morgan fingerprint density at radius 2 is 1.89 bits per heavy atom. The number of carbonyl (C=O) groups is 2. The van der Waals surface area contributed by atoms with Crippen LogP contribution in [-0.2, 0) is 14.3 Å². The number of rotatable bonds is 5. The van der Waals surface area contributed by atoms with Crippen molar-refractivity contribution in [1.29, 1.82) is 0 Å². The van der Waals surface area contributed by atoms with Gasteiger partial charge in [-0.05, 0) is 36.8 Å². The minimum Gasteiger partial charge on any atom is -0.484 e. The van der Waals surface area contributed by atoms with Crippen LogP contribution in [0.15, 0.2) is 24.3 Å². The van der Waals surface area contributed by atoms with Gasteiger partial charge in [0, 0.05) is 46.1 Å². The summed E-state index contributed by atoms with van der Waals surface area (Å²) in [4.78, 5) is 28.2. The number of piperidine rings is 1. The molecule has 2 saturated heterocycles. The fourth-order valence-electron chi connectivity index (χ4n) is 4.42. The van der Waals surface area contributed by atoms with Gasteiger partial charge in [0.15, 0.2) is 6.61 Å². The smallest absolute Gasteiger partial charge is 0.260 e. The Hall–Kier alpha value is -2.08. The van der Waals surface area contributed by atoms with Crippen molar-refractivity contribution in [3.63, 3.8) is 0 Å². The fraction of sp³-hybridized carbons (Fsp3) is 0.619. The second kappa shape index (κ2) is 8.30. The van der Waals surface area contributed by atoms with E-state index in [2.05, 4.69) is 0 Å². The summed E-state index contributed by atoms with van der Waals surface area (Å²) in [5, 5.41) is 0. The third-order valence-corrected chi connectivity index (χ3v) is 6.18. The predicted octanol–water partition coefficient (Wildman–Crippen LogP) is 2.11. The monoisotopic (exact) mass is 374 g/mol. The van der Waals surface area contributed by atoms with Gasteiger partial charge in [0.2, 0.25) is 5.91 Å². The van der Waals surface area contributed by atoms with Crippen LogP contribution in [0, 0.1) is 18.3 Å². The first kappa shape index (κ1) is 19.7. The molecule has 2 fully saturated rings. The standard InChI is InChI=1S/C21H30N2O4/c1-16-6-4-5-7-19(16)27-14-20(25)22-10-8-21(9-11-22)15-23(17(2)24)12-18(21)13-26-3/h4-7,18H,8-15H2,1-3H3/t18-/m1/s1. The first-order valence-corrected chi connectivity index (χ1v) is 9.66. The largest absolute Gasteiger partial charge is 0.484 e. The number of amides is 2. The van der Waals surface area contributed by atoms with Crippen LogP contribution in [0.4, 0.5) is 0 Å². The molecule has 6 heteroatoms. The lowest BCUT2D eigenvalue weighted by atomic mass is 9.71. The molecule has 0 aliphatic carbocycles. The summed E-state index contributed by atoms with van der Waals surface area (Å²) in [6, 6.07) is 7.73. The van der Waals surface area contributed by atoms with Crippen LogP contribution in [0.25, 0.3) is 0 Å². The van der Waals surface area contributed by atoms with Crippen LogP contribution in [-0.4, -0.2) is 68.1 Å². The van der Waals surface area contributed by atoms with Gasteiger partial charge in [-0.15, -0.1) is 0 Å². The highest BCUT2D eigenvalue weighted by atomic mass is 16.5. The van der Waals surface area contributed by atoms with Crippen LogP contribution in [0.2, 0.25) is 0 Å². The van der Waals surface area contributed by atoms with Crippen LogP contribution in [0.1, 0.15) is 25.3 Å². The third kappa shape index (κ3) is 4.26. The lowest BCUT2D eigenvalue weighted by Gasteiger charge is -2.42. The molecule has 3 rings (SSSR count). The maximum Gasteiger partial charge on any atom is 0.260 e. The van der Waals surface area contributed by atoms with Crippen molar-refractivity contribution in [2.45, 2.75) is 26.7 Å². The molecule has 2 aliphatic rings. The fourth-order valence-corrected chi connectivity index (χ4v) is 4.42. The van der Waals surface area contributed by atoms with Gasteiger partial charge in [-0.1, -0.05) is 18.2 Å². The van der Waals surface area contributed by atoms with Crippen molar-refractivity contribution in [1.82, 2.24) is 9.80 Å². The van der Waals surface area contributed by atoms with Gasteiger partial charge in [0.05, 0.1) is 6.61 Å². The normalized spacial score (nSPS) is 21.5. The maximum atomic E-state index is 12.6. The number of para-hydroxylation sites is 1. The SMILES string of the molecule is COC[C@H]1CN(C(C)=O)CC12CCN(C(=O)COc1ccccc1C)CC2. The van der Waals surface area contributed by atoms with E-state index in [4.69, 9.17) is 9.47 Å². The molecule has 1 aromatic rings. The van der Waals surface area contributed by atoms with E-state index in [1.807, 2.05) is 41.0 Å². The third-order valence-electron chi connectivity index (χ3n) is 6.18. The first-order valence-electron chi connectivity index (χ1n) is 9.66. The number of carbonyl (C=O) groups excluding carboxylic acids is 2. The molecular weight excluding hydrogens is 344 g/mol. The number of likely N-dealkylation sites (tertiary alicyclic amines) is 2. The summed E-state index contributed by atoms with van der Waals surface area (Å²) in [6.07, 6.45) is 1.81. The summed E-state index contributed by atoms with van der Waals surface area (Å²) >= 11 is 0. The second-order valence-corrected chi connectivity index (χ2v) is 7.85. The van der Waals surface area contributed by atoms with Crippen molar-refractivity contribution in [3.8, 4) is 5.75 Å². The van der Waals surface area contributed by atoms with Gasteiger partial charge in [-0.3, -0.25) is 9.59 Å². The molecule has 0 saturated carbocycles. The molecule has 2 amide bonds. The number of methoxy groups -OCH3 is 1. The predicted molar refractivity (Wildman–Crippen MR) is 103 cm³/mol. The summed E-state index contributed by atoms with van der Waals surface area (Å²) < 4.78 is 11.1. The summed E-state index contributed by atoms with van der Waals surface area (Å²) in [5.74, 6) is 1.25. The van der Waals surface area contributed by atoms with Crippen molar-refractivity contribution in [3.05, 3.63) is 29.8 Å². The number of hydrogen-bond acceptors (Lipinski definition) is 4. The maximum absolute atomic E-state index is 12.6.